The molecule has 0 aromatic rings. The standard InChI is InChI=1S/C8H15N2O/c1-3-8(11)7-6-10(2)5-4-9-7/h7,9H,1,3-6H2,2H3. The molecule has 1 atom stereocenters. The Morgan fingerprint density at radius 1 is 1.82 bits per heavy atom. The van der Waals surface area contributed by atoms with Gasteiger partial charge in [-0.15, -0.1) is 0 Å². The van der Waals surface area contributed by atoms with Crippen molar-refractivity contribution in [3.8, 4) is 0 Å². The summed E-state index contributed by atoms with van der Waals surface area (Å²) in [5.41, 5.74) is 0. The number of hydrogen-bond acceptors (Lipinski definition) is 3. The molecule has 1 rings (SSSR count). The van der Waals surface area contributed by atoms with Crippen molar-refractivity contribution in [2.24, 2.45) is 0 Å². The highest BCUT2D eigenvalue weighted by Crippen LogP contribution is 1.98. The molecule has 0 bridgehead atoms. The van der Waals surface area contributed by atoms with Crippen molar-refractivity contribution in [2.75, 3.05) is 26.7 Å². The fourth-order valence-electron chi connectivity index (χ4n) is 1.29. The first-order valence-electron chi connectivity index (χ1n) is 3.98. The molecule has 1 saturated heterocycles. The summed E-state index contributed by atoms with van der Waals surface area (Å²) < 4.78 is 0. The van der Waals surface area contributed by atoms with Gasteiger partial charge in [-0.1, -0.05) is 0 Å². The van der Waals surface area contributed by atoms with Crippen molar-refractivity contribution in [1.82, 2.24) is 10.2 Å². The van der Waals surface area contributed by atoms with Gasteiger partial charge in [0.25, 0.3) is 0 Å². The summed E-state index contributed by atoms with van der Waals surface area (Å²) in [6.45, 7) is 6.34. The highest BCUT2D eigenvalue weighted by Gasteiger charge is 2.21. The van der Waals surface area contributed by atoms with Crippen molar-refractivity contribution in [2.45, 2.75) is 12.5 Å². The Balaban J connectivity index is 2.39. The lowest BCUT2D eigenvalue weighted by molar-refractivity contribution is -0.121. The van der Waals surface area contributed by atoms with E-state index in [1.54, 1.807) is 0 Å². The molecule has 0 spiro atoms. The third kappa shape index (κ3) is 2.27. The second-order valence-electron chi connectivity index (χ2n) is 2.99. The lowest BCUT2D eigenvalue weighted by Crippen LogP contribution is -2.52. The number of carbonyl (C=O) groups is 1. The van der Waals surface area contributed by atoms with Crippen LogP contribution in [0.5, 0.6) is 0 Å². The van der Waals surface area contributed by atoms with Crippen molar-refractivity contribution < 1.29 is 4.79 Å². The number of carbonyl (C=O) groups excluding carboxylic acids is 1. The Bertz CT molecular complexity index is 147. The van der Waals surface area contributed by atoms with Gasteiger partial charge >= 0.3 is 0 Å². The average Bonchev–Trinajstić information content (AvgIpc) is 2.03. The van der Waals surface area contributed by atoms with Crippen LogP contribution in [0.3, 0.4) is 0 Å². The van der Waals surface area contributed by atoms with Crippen LogP contribution in [-0.4, -0.2) is 43.4 Å². The zero-order valence-electron chi connectivity index (χ0n) is 6.97. The van der Waals surface area contributed by atoms with Gasteiger partial charge in [-0.2, -0.15) is 0 Å². The number of hydrogen-bond donors (Lipinski definition) is 1. The molecule has 3 nitrogen and oxygen atoms in total. The summed E-state index contributed by atoms with van der Waals surface area (Å²) >= 11 is 0. The Hall–Kier alpha value is -0.410. The van der Waals surface area contributed by atoms with E-state index in [9.17, 15) is 4.79 Å². The zero-order valence-corrected chi connectivity index (χ0v) is 6.97. The van der Waals surface area contributed by atoms with Gasteiger partial charge in [0.2, 0.25) is 0 Å². The van der Waals surface area contributed by atoms with Crippen LogP contribution in [0.25, 0.3) is 0 Å². The minimum atomic E-state index is 0.0197. The Labute approximate surface area is 67.8 Å². The van der Waals surface area contributed by atoms with Crippen LogP contribution in [0.15, 0.2) is 0 Å². The molecule has 1 radical (unpaired) electrons. The van der Waals surface area contributed by atoms with Crippen LogP contribution >= 0.6 is 0 Å². The van der Waals surface area contributed by atoms with Gasteiger partial charge in [0, 0.05) is 26.1 Å². The fourth-order valence-corrected chi connectivity index (χ4v) is 1.29. The maximum atomic E-state index is 11.2. The molecule has 3 heteroatoms. The topological polar surface area (TPSA) is 32.3 Å². The van der Waals surface area contributed by atoms with E-state index in [1.165, 1.54) is 0 Å². The second kappa shape index (κ2) is 3.83. The van der Waals surface area contributed by atoms with Gasteiger partial charge in [-0.25, -0.2) is 0 Å². The number of nitrogens with zero attached hydrogens (tertiary/aromatic N) is 1. The maximum absolute atomic E-state index is 11.2. The summed E-state index contributed by atoms with van der Waals surface area (Å²) in [6.07, 6.45) is 0.394. The molecule has 1 aliphatic heterocycles. The number of piperazine rings is 1. The SMILES string of the molecule is [CH2]CC(=O)C1CN(C)CCN1. The first-order valence-corrected chi connectivity index (χ1v) is 3.98. The Morgan fingerprint density at radius 3 is 3.09 bits per heavy atom. The van der Waals surface area contributed by atoms with Crippen molar-refractivity contribution in [3.63, 3.8) is 0 Å². The van der Waals surface area contributed by atoms with Crippen LogP contribution in [0.1, 0.15) is 6.42 Å². The molecule has 1 fully saturated rings. The highest BCUT2D eigenvalue weighted by atomic mass is 16.1. The van der Waals surface area contributed by atoms with Crippen molar-refractivity contribution in [1.29, 1.82) is 0 Å². The van der Waals surface area contributed by atoms with Crippen LogP contribution < -0.4 is 5.32 Å². The quantitative estimate of drug-likeness (QED) is 0.593. The van der Waals surface area contributed by atoms with Gasteiger partial charge in [0.1, 0.15) is 0 Å². The lowest BCUT2D eigenvalue weighted by Gasteiger charge is -2.29. The monoisotopic (exact) mass is 155 g/mol. The lowest BCUT2D eigenvalue weighted by atomic mass is 10.1. The predicted molar refractivity (Wildman–Crippen MR) is 44.3 cm³/mol. The van der Waals surface area contributed by atoms with E-state index in [2.05, 4.69) is 17.1 Å². The molecule has 63 valence electrons. The number of ketones is 1. The van der Waals surface area contributed by atoms with Crippen molar-refractivity contribution in [3.05, 3.63) is 6.92 Å². The number of likely N-dealkylation sites (N-methyl/N-ethyl adjacent to an activating group) is 1. The highest BCUT2D eigenvalue weighted by molar-refractivity contribution is 5.84. The van der Waals surface area contributed by atoms with Gasteiger partial charge in [-0.3, -0.25) is 4.79 Å². The summed E-state index contributed by atoms with van der Waals surface area (Å²) in [6, 6.07) is 0.0197. The molecule has 11 heavy (non-hydrogen) atoms. The third-order valence-electron chi connectivity index (χ3n) is 2.01. The molecule has 1 N–H and O–H groups in total. The molecule has 1 aliphatic rings. The summed E-state index contributed by atoms with van der Waals surface area (Å²) in [4.78, 5) is 13.3. The van der Waals surface area contributed by atoms with Crippen LogP contribution in [-0.2, 0) is 4.79 Å². The number of nitrogens with one attached hydrogen (secondary N) is 1. The number of rotatable bonds is 2. The second-order valence-corrected chi connectivity index (χ2v) is 2.99. The van der Waals surface area contributed by atoms with E-state index >= 15 is 0 Å². The maximum Gasteiger partial charge on any atom is 0.151 e. The molecule has 0 aromatic heterocycles. The minimum Gasteiger partial charge on any atom is -0.305 e. The first kappa shape index (κ1) is 8.68. The predicted octanol–water partition coefficient (Wildman–Crippen LogP) is -0.317. The molecule has 1 unspecified atom stereocenters. The van der Waals surface area contributed by atoms with E-state index in [-0.39, 0.29) is 11.8 Å². The summed E-state index contributed by atoms with van der Waals surface area (Å²) in [5, 5.41) is 3.17. The summed E-state index contributed by atoms with van der Waals surface area (Å²) in [5.74, 6) is 0.219. The molecule has 0 saturated carbocycles. The van der Waals surface area contributed by atoms with Gasteiger partial charge in [0.05, 0.1) is 6.04 Å². The van der Waals surface area contributed by atoms with Gasteiger partial charge in [-0.05, 0) is 14.0 Å². The van der Waals surface area contributed by atoms with Crippen LogP contribution in [0.4, 0.5) is 0 Å². The van der Waals surface area contributed by atoms with Crippen LogP contribution in [0.2, 0.25) is 0 Å². The van der Waals surface area contributed by atoms with E-state index < -0.39 is 0 Å². The average molecular weight is 155 g/mol. The fraction of sp³-hybridized carbons (Fsp3) is 0.750. The van der Waals surface area contributed by atoms with Gasteiger partial charge < -0.3 is 10.2 Å². The third-order valence-corrected chi connectivity index (χ3v) is 2.01. The molecular formula is C8H15N2O. The molecular weight excluding hydrogens is 140 g/mol. The largest absolute Gasteiger partial charge is 0.305 e. The van der Waals surface area contributed by atoms with Crippen molar-refractivity contribution >= 4 is 5.78 Å². The normalized spacial score (nSPS) is 26.9. The zero-order chi connectivity index (χ0) is 8.27. The molecule has 0 amide bonds. The Morgan fingerprint density at radius 2 is 2.55 bits per heavy atom. The molecule has 0 aliphatic carbocycles. The van der Waals surface area contributed by atoms with E-state index in [4.69, 9.17) is 0 Å². The molecule has 0 aromatic carbocycles. The molecule has 1 heterocycles. The smallest absolute Gasteiger partial charge is 0.151 e. The van der Waals surface area contributed by atoms with E-state index in [1.807, 2.05) is 7.05 Å². The summed E-state index contributed by atoms with van der Waals surface area (Å²) in [7, 11) is 2.03. The van der Waals surface area contributed by atoms with Gasteiger partial charge in [0.15, 0.2) is 5.78 Å². The van der Waals surface area contributed by atoms with E-state index in [0.29, 0.717) is 6.42 Å². The van der Waals surface area contributed by atoms with Crippen LogP contribution in [0, 0.1) is 6.92 Å². The van der Waals surface area contributed by atoms with E-state index in [0.717, 1.165) is 19.6 Å². The first-order chi connectivity index (χ1) is 5.24. The number of Topliss-reactive ketones (excluding diaryl/α,β-unsaturated/α-hetero) is 1. The Kier molecular flexibility index (Phi) is 3.02. The minimum absolute atomic E-state index is 0.0197.